The van der Waals surface area contributed by atoms with Crippen molar-refractivity contribution >= 4 is 5.69 Å². The number of anilines is 1. The fourth-order valence-electron chi connectivity index (χ4n) is 2.78. The van der Waals surface area contributed by atoms with Crippen LogP contribution in [0.15, 0.2) is 30.3 Å². The zero-order valence-electron chi connectivity index (χ0n) is 12.5. The molecule has 0 aliphatic carbocycles. The molecule has 1 atom stereocenters. The number of nitrogens with zero attached hydrogens (tertiary/aromatic N) is 2. The van der Waals surface area contributed by atoms with Crippen LogP contribution in [0.3, 0.4) is 0 Å². The SMILES string of the molecule is CN(CCN1CCC(N)C(C)(C)C1)c1ccccc1. The number of piperidine rings is 1. The Bertz CT molecular complexity index is 388. The van der Waals surface area contributed by atoms with Crippen molar-refractivity contribution in [2.75, 3.05) is 38.1 Å². The Hall–Kier alpha value is -1.06. The van der Waals surface area contributed by atoms with Crippen LogP contribution < -0.4 is 10.6 Å². The Kier molecular flexibility index (Phi) is 4.48. The first-order valence-corrected chi connectivity index (χ1v) is 7.23. The van der Waals surface area contributed by atoms with Crippen LogP contribution >= 0.6 is 0 Å². The summed E-state index contributed by atoms with van der Waals surface area (Å²) in [6.45, 7) is 8.98. The molecule has 3 heteroatoms. The lowest BCUT2D eigenvalue weighted by Gasteiger charge is -2.43. The van der Waals surface area contributed by atoms with Gasteiger partial charge in [-0.3, -0.25) is 0 Å². The van der Waals surface area contributed by atoms with Crippen molar-refractivity contribution in [1.29, 1.82) is 0 Å². The first-order valence-electron chi connectivity index (χ1n) is 7.23. The van der Waals surface area contributed by atoms with Gasteiger partial charge in [-0.05, 0) is 30.5 Å². The lowest BCUT2D eigenvalue weighted by atomic mass is 9.80. The van der Waals surface area contributed by atoms with Gasteiger partial charge in [0.1, 0.15) is 0 Å². The molecule has 1 fully saturated rings. The van der Waals surface area contributed by atoms with E-state index in [9.17, 15) is 0 Å². The van der Waals surface area contributed by atoms with E-state index in [1.54, 1.807) is 0 Å². The summed E-state index contributed by atoms with van der Waals surface area (Å²) in [6, 6.07) is 10.9. The van der Waals surface area contributed by atoms with Crippen molar-refractivity contribution < 1.29 is 0 Å². The Morgan fingerprint density at radius 2 is 2.00 bits per heavy atom. The van der Waals surface area contributed by atoms with Gasteiger partial charge in [0.05, 0.1) is 0 Å². The van der Waals surface area contributed by atoms with Crippen molar-refractivity contribution in [3.8, 4) is 0 Å². The van der Waals surface area contributed by atoms with Gasteiger partial charge in [0.25, 0.3) is 0 Å². The molecule has 0 spiro atoms. The van der Waals surface area contributed by atoms with Crippen molar-refractivity contribution in [3.05, 3.63) is 30.3 Å². The molecule has 0 amide bonds. The summed E-state index contributed by atoms with van der Waals surface area (Å²) in [7, 11) is 2.16. The van der Waals surface area contributed by atoms with E-state index in [1.165, 1.54) is 5.69 Å². The number of para-hydroxylation sites is 1. The Morgan fingerprint density at radius 1 is 1.32 bits per heavy atom. The maximum atomic E-state index is 6.18. The van der Waals surface area contributed by atoms with Crippen LogP contribution in [0.4, 0.5) is 5.69 Å². The number of hydrogen-bond acceptors (Lipinski definition) is 3. The highest BCUT2D eigenvalue weighted by molar-refractivity contribution is 5.44. The molecule has 1 unspecified atom stereocenters. The number of likely N-dealkylation sites (tertiary alicyclic amines) is 1. The third kappa shape index (κ3) is 3.71. The highest BCUT2D eigenvalue weighted by atomic mass is 15.2. The molecule has 1 heterocycles. The van der Waals surface area contributed by atoms with Gasteiger partial charge in [-0.25, -0.2) is 0 Å². The quantitative estimate of drug-likeness (QED) is 0.901. The normalized spacial score (nSPS) is 23.3. The van der Waals surface area contributed by atoms with Gasteiger partial charge in [0.2, 0.25) is 0 Å². The average molecular weight is 261 g/mol. The Morgan fingerprint density at radius 3 is 2.63 bits per heavy atom. The molecule has 1 aliphatic heterocycles. The van der Waals surface area contributed by atoms with Crippen molar-refractivity contribution in [2.24, 2.45) is 11.1 Å². The van der Waals surface area contributed by atoms with E-state index in [-0.39, 0.29) is 5.41 Å². The van der Waals surface area contributed by atoms with Crippen LogP contribution in [-0.4, -0.2) is 44.2 Å². The molecule has 1 aromatic carbocycles. The molecule has 0 saturated carbocycles. The highest BCUT2D eigenvalue weighted by Crippen LogP contribution is 2.27. The number of benzene rings is 1. The molecule has 3 nitrogen and oxygen atoms in total. The van der Waals surface area contributed by atoms with E-state index in [0.29, 0.717) is 6.04 Å². The van der Waals surface area contributed by atoms with Gasteiger partial charge >= 0.3 is 0 Å². The minimum absolute atomic E-state index is 0.240. The lowest BCUT2D eigenvalue weighted by Crippen LogP contribution is -2.53. The maximum absolute atomic E-state index is 6.18. The van der Waals surface area contributed by atoms with Crippen LogP contribution in [0.1, 0.15) is 20.3 Å². The van der Waals surface area contributed by atoms with Gasteiger partial charge in [0.15, 0.2) is 0 Å². The average Bonchev–Trinajstić information content (AvgIpc) is 2.40. The van der Waals surface area contributed by atoms with Crippen molar-refractivity contribution in [1.82, 2.24) is 4.90 Å². The molecule has 0 bridgehead atoms. The van der Waals surface area contributed by atoms with Gasteiger partial charge in [0, 0.05) is 38.4 Å². The molecule has 0 aromatic heterocycles. The number of hydrogen-bond donors (Lipinski definition) is 1. The summed E-state index contributed by atoms with van der Waals surface area (Å²) in [4.78, 5) is 4.87. The van der Waals surface area contributed by atoms with E-state index < -0.39 is 0 Å². The largest absolute Gasteiger partial charge is 0.373 e. The molecule has 1 saturated heterocycles. The molecular weight excluding hydrogens is 234 g/mol. The smallest absolute Gasteiger partial charge is 0.0364 e. The number of likely N-dealkylation sites (N-methyl/N-ethyl adjacent to an activating group) is 1. The van der Waals surface area contributed by atoms with Crippen molar-refractivity contribution in [2.45, 2.75) is 26.3 Å². The first-order chi connectivity index (χ1) is 8.99. The monoisotopic (exact) mass is 261 g/mol. The summed E-state index contributed by atoms with van der Waals surface area (Å²) < 4.78 is 0. The summed E-state index contributed by atoms with van der Waals surface area (Å²) in [5.74, 6) is 0. The van der Waals surface area contributed by atoms with Crippen molar-refractivity contribution in [3.63, 3.8) is 0 Å². The van der Waals surface area contributed by atoms with Crippen LogP contribution in [0.5, 0.6) is 0 Å². The molecule has 1 aromatic rings. The fraction of sp³-hybridized carbons (Fsp3) is 0.625. The van der Waals surface area contributed by atoms with E-state index >= 15 is 0 Å². The Balaban J connectivity index is 1.83. The lowest BCUT2D eigenvalue weighted by molar-refractivity contribution is 0.0978. The van der Waals surface area contributed by atoms with Crippen LogP contribution in [0, 0.1) is 5.41 Å². The summed E-state index contributed by atoms with van der Waals surface area (Å²) in [6.07, 6.45) is 1.11. The zero-order valence-corrected chi connectivity index (χ0v) is 12.5. The zero-order chi connectivity index (χ0) is 13.9. The molecule has 106 valence electrons. The molecular formula is C16H27N3. The molecule has 2 rings (SSSR count). The Labute approximate surface area is 117 Å². The summed E-state index contributed by atoms with van der Waals surface area (Å²) in [5, 5.41) is 0. The van der Waals surface area contributed by atoms with Gasteiger partial charge in [-0.15, -0.1) is 0 Å². The van der Waals surface area contributed by atoms with Gasteiger partial charge < -0.3 is 15.5 Å². The molecule has 0 radical (unpaired) electrons. The third-order valence-corrected chi connectivity index (χ3v) is 4.34. The fourth-order valence-corrected chi connectivity index (χ4v) is 2.78. The van der Waals surface area contributed by atoms with E-state index in [1.807, 2.05) is 0 Å². The summed E-state index contributed by atoms with van der Waals surface area (Å²) >= 11 is 0. The number of rotatable bonds is 4. The second kappa shape index (κ2) is 5.93. The minimum Gasteiger partial charge on any atom is -0.373 e. The first kappa shape index (κ1) is 14.4. The predicted molar refractivity (Wildman–Crippen MR) is 82.5 cm³/mol. The predicted octanol–water partition coefficient (Wildman–Crippen LogP) is 2.18. The van der Waals surface area contributed by atoms with E-state index in [2.05, 4.69) is 61.0 Å². The van der Waals surface area contributed by atoms with E-state index in [0.717, 1.165) is 32.6 Å². The number of nitrogens with two attached hydrogens (primary N) is 1. The third-order valence-electron chi connectivity index (χ3n) is 4.34. The summed E-state index contributed by atoms with van der Waals surface area (Å²) in [5.41, 5.74) is 7.71. The topological polar surface area (TPSA) is 32.5 Å². The molecule has 19 heavy (non-hydrogen) atoms. The highest BCUT2D eigenvalue weighted by Gasteiger charge is 2.33. The molecule has 2 N–H and O–H groups in total. The van der Waals surface area contributed by atoms with E-state index in [4.69, 9.17) is 5.73 Å². The van der Waals surface area contributed by atoms with Gasteiger partial charge in [-0.2, -0.15) is 0 Å². The molecule has 1 aliphatic rings. The van der Waals surface area contributed by atoms with Gasteiger partial charge in [-0.1, -0.05) is 32.0 Å². The minimum atomic E-state index is 0.240. The van der Waals surface area contributed by atoms with Crippen LogP contribution in [0.25, 0.3) is 0 Å². The second-order valence-corrected chi connectivity index (χ2v) is 6.42. The standard InChI is InChI=1S/C16H27N3/c1-16(2)13-19(10-9-15(16)17)12-11-18(3)14-7-5-4-6-8-14/h4-8,15H,9-13,17H2,1-3H3. The second-order valence-electron chi connectivity index (χ2n) is 6.42. The van der Waals surface area contributed by atoms with Crippen LogP contribution in [-0.2, 0) is 0 Å². The maximum Gasteiger partial charge on any atom is 0.0364 e. The van der Waals surface area contributed by atoms with Crippen LogP contribution in [0.2, 0.25) is 0 Å².